The molecule has 0 nitrogen and oxygen atoms in total. The minimum absolute atomic E-state index is 0.191. The largest absolute Gasteiger partial charge is 0.207 e. The molecule has 0 spiro atoms. The van der Waals surface area contributed by atoms with Gasteiger partial charge in [0, 0.05) is 0 Å². The summed E-state index contributed by atoms with van der Waals surface area (Å²) in [6.07, 6.45) is 3.55. The number of aryl methyl sites for hydroxylation is 1. The number of rotatable bonds is 1. The third kappa shape index (κ3) is 1.90. The van der Waals surface area contributed by atoms with Crippen LogP contribution < -0.4 is 0 Å². The molecule has 11 heavy (non-hydrogen) atoms. The van der Waals surface area contributed by atoms with Crippen molar-refractivity contribution in [1.29, 1.82) is 0 Å². The van der Waals surface area contributed by atoms with Crippen LogP contribution in [-0.2, 0) is 0 Å². The first-order chi connectivity index (χ1) is 5.24. The summed E-state index contributed by atoms with van der Waals surface area (Å²) in [6, 6.07) is 4.70. The smallest absolute Gasteiger partial charge is 0.123 e. The highest BCUT2D eigenvalue weighted by Gasteiger charge is 1.94. The van der Waals surface area contributed by atoms with Gasteiger partial charge < -0.3 is 0 Å². The topological polar surface area (TPSA) is 0 Å². The van der Waals surface area contributed by atoms with E-state index in [9.17, 15) is 4.39 Å². The molecule has 0 saturated heterocycles. The molecule has 0 saturated carbocycles. The zero-order valence-electron chi connectivity index (χ0n) is 6.47. The number of hydrogen-bond acceptors (Lipinski definition) is 0. The number of halogens is 1. The Hall–Kier alpha value is -1.11. The summed E-state index contributed by atoms with van der Waals surface area (Å²) in [7, 11) is 0. The van der Waals surface area contributed by atoms with Crippen LogP contribution in [0, 0.1) is 19.7 Å². The van der Waals surface area contributed by atoms with Gasteiger partial charge in [0.25, 0.3) is 0 Å². The van der Waals surface area contributed by atoms with Crippen LogP contribution in [0.1, 0.15) is 11.1 Å². The number of benzene rings is 1. The van der Waals surface area contributed by atoms with Crippen LogP contribution in [0.4, 0.5) is 4.39 Å². The number of hydrogen-bond donors (Lipinski definition) is 0. The van der Waals surface area contributed by atoms with Crippen molar-refractivity contribution in [2.45, 2.75) is 6.92 Å². The quantitative estimate of drug-likeness (QED) is 0.575. The van der Waals surface area contributed by atoms with Crippen molar-refractivity contribution in [3.63, 3.8) is 0 Å². The first-order valence-electron chi connectivity index (χ1n) is 3.46. The fourth-order valence-electron chi connectivity index (χ4n) is 0.953. The van der Waals surface area contributed by atoms with E-state index in [0.29, 0.717) is 0 Å². The lowest BCUT2D eigenvalue weighted by Gasteiger charge is -1.98. The Morgan fingerprint density at radius 2 is 2.18 bits per heavy atom. The molecule has 0 unspecified atom stereocenters. The lowest BCUT2D eigenvalue weighted by Crippen LogP contribution is -1.81. The monoisotopic (exact) mass is 149 g/mol. The molecule has 0 aliphatic carbocycles. The Bertz CT molecular complexity index is 274. The summed E-state index contributed by atoms with van der Waals surface area (Å²) in [5.41, 5.74) is 1.95. The maximum atomic E-state index is 12.5. The summed E-state index contributed by atoms with van der Waals surface area (Å²) >= 11 is 0. The highest BCUT2D eigenvalue weighted by molar-refractivity contribution is 5.53. The van der Waals surface area contributed by atoms with E-state index in [0.717, 1.165) is 11.1 Å². The molecular formula is C10H10F. The van der Waals surface area contributed by atoms with E-state index in [1.54, 1.807) is 12.1 Å². The molecule has 0 amide bonds. The molecule has 1 radical (unpaired) electrons. The van der Waals surface area contributed by atoms with Gasteiger partial charge in [0.1, 0.15) is 5.82 Å². The molecule has 0 aromatic heterocycles. The van der Waals surface area contributed by atoms with E-state index in [4.69, 9.17) is 0 Å². The average Bonchev–Trinajstić information content (AvgIpc) is 1.95. The first kappa shape index (κ1) is 7.99. The van der Waals surface area contributed by atoms with Gasteiger partial charge in [-0.2, -0.15) is 0 Å². The van der Waals surface area contributed by atoms with Crippen LogP contribution in [0.5, 0.6) is 0 Å². The molecule has 0 bridgehead atoms. The predicted molar refractivity (Wildman–Crippen MR) is 45.5 cm³/mol. The fraction of sp³-hybridized carbons (Fsp3) is 0.100. The van der Waals surface area contributed by atoms with E-state index >= 15 is 0 Å². The normalized spacial score (nSPS) is 10.8. The Morgan fingerprint density at radius 3 is 2.73 bits per heavy atom. The summed E-state index contributed by atoms with van der Waals surface area (Å²) < 4.78 is 12.5. The lowest BCUT2D eigenvalue weighted by atomic mass is 10.1. The summed E-state index contributed by atoms with van der Waals surface area (Å²) in [5.74, 6) is -0.191. The van der Waals surface area contributed by atoms with Crippen LogP contribution in [0.2, 0.25) is 0 Å². The maximum absolute atomic E-state index is 12.5. The highest BCUT2D eigenvalue weighted by atomic mass is 19.1. The third-order valence-electron chi connectivity index (χ3n) is 1.53. The van der Waals surface area contributed by atoms with Gasteiger partial charge in [-0.25, -0.2) is 4.39 Å². The second-order valence-electron chi connectivity index (χ2n) is 2.40. The third-order valence-corrected chi connectivity index (χ3v) is 1.53. The molecule has 1 aromatic carbocycles. The Morgan fingerprint density at radius 1 is 1.45 bits per heavy atom. The Kier molecular flexibility index (Phi) is 2.42. The summed E-state index contributed by atoms with van der Waals surface area (Å²) in [4.78, 5) is 0. The van der Waals surface area contributed by atoms with Crippen molar-refractivity contribution in [3.8, 4) is 0 Å². The van der Waals surface area contributed by atoms with Gasteiger partial charge in [0.15, 0.2) is 0 Å². The molecule has 57 valence electrons. The van der Waals surface area contributed by atoms with E-state index in [-0.39, 0.29) is 5.82 Å². The van der Waals surface area contributed by atoms with Gasteiger partial charge in [-0.3, -0.25) is 0 Å². The molecule has 0 aliphatic heterocycles. The fourth-order valence-corrected chi connectivity index (χ4v) is 0.953. The van der Waals surface area contributed by atoms with Crippen molar-refractivity contribution in [2.75, 3.05) is 0 Å². The first-order valence-corrected chi connectivity index (χ1v) is 3.46. The van der Waals surface area contributed by atoms with E-state index in [2.05, 4.69) is 6.92 Å². The molecule has 0 atom stereocenters. The van der Waals surface area contributed by atoms with Crippen molar-refractivity contribution >= 4 is 6.08 Å². The van der Waals surface area contributed by atoms with Gasteiger partial charge in [-0.15, -0.1) is 0 Å². The minimum Gasteiger partial charge on any atom is -0.207 e. The van der Waals surface area contributed by atoms with Crippen LogP contribution in [-0.4, -0.2) is 0 Å². The highest BCUT2D eigenvalue weighted by Crippen LogP contribution is 2.11. The Balaban J connectivity index is 3.09. The second kappa shape index (κ2) is 3.33. The second-order valence-corrected chi connectivity index (χ2v) is 2.40. The molecule has 1 aromatic rings. The van der Waals surface area contributed by atoms with Crippen molar-refractivity contribution in [1.82, 2.24) is 0 Å². The van der Waals surface area contributed by atoms with Gasteiger partial charge in [-0.1, -0.05) is 18.2 Å². The minimum atomic E-state index is -0.191. The molecule has 0 heterocycles. The van der Waals surface area contributed by atoms with E-state index < -0.39 is 0 Å². The Labute approximate surface area is 66.4 Å². The predicted octanol–water partition coefficient (Wildman–Crippen LogP) is 2.98. The van der Waals surface area contributed by atoms with Crippen molar-refractivity contribution in [3.05, 3.63) is 48.1 Å². The standard InChI is InChI=1S/C10H10F/c1-3-4-9-5-6-10(11)7-8(9)2/h3-7H,1H2,2H3/b4-3+. The molecule has 0 N–H and O–H groups in total. The molecule has 1 heteroatoms. The molecule has 0 fully saturated rings. The van der Waals surface area contributed by atoms with Gasteiger partial charge in [-0.05, 0) is 37.1 Å². The van der Waals surface area contributed by atoms with Gasteiger partial charge in [0.05, 0.1) is 0 Å². The maximum Gasteiger partial charge on any atom is 0.123 e. The molecular weight excluding hydrogens is 139 g/mol. The molecule has 1 rings (SSSR count). The van der Waals surface area contributed by atoms with E-state index in [1.807, 2.05) is 13.0 Å². The van der Waals surface area contributed by atoms with E-state index in [1.165, 1.54) is 12.1 Å². The lowest BCUT2D eigenvalue weighted by molar-refractivity contribution is 0.626. The average molecular weight is 149 g/mol. The SMILES string of the molecule is [CH2]/C=C/c1ccc(F)cc1C. The summed E-state index contributed by atoms with van der Waals surface area (Å²) in [6.45, 7) is 5.44. The van der Waals surface area contributed by atoms with Crippen LogP contribution in [0.25, 0.3) is 6.08 Å². The van der Waals surface area contributed by atoms with Crippen LogP contribution in [0.3, 0.4) is 0 Å². The van der Waals surface area contributed by atoms with Crippen LogP contribution in [0.15, 0.2) is 24.3 Å². The zero-order chi connectivity index (χ0) is 8.27. The number of allylic oxidation sites excluding steroid dienone is 1. The van der Waals surface area contributed by atoms with Crippen molar-refractivity contribution < 1.29 is 4.39 Å². The van der Waals surface area contributed by atoms with Gasteiger partial charge in [0.2, 0.25) is 0 Å². The zero-order valence-corrected chi connectivity index (χ0v) is 6.47. The van der Waals surface area contributed by atoms with Gasteiger partial charge >= 0.3 is 0 Å². The molecule has 0 aliphatic rings. The van der Waals surface area contributed by atoms with Crippen LogP contribution >= 0.6 is 0 Å². The summed E-state index contributed by atoms with van der Waals surface area (Å²) in [5, 5.41) is 0. The van der Waals surface area contributed by atoms with Crippen molar-refractivity contribution in [2.24, 2.45) is 0 Å².